The first-order chi connectivity index (χ1) is 7.74. The van der Waals surface area contributed by atoms with Crippen LogP contribution < -0.4 is 0 Å². The molecule has 0 aliphatic heterocycles. The van der Waals surface area contributed by atoms with E-state index in [1.165, 1.54) is 17.8 Å². The minimum atomic E-state index is -0.333. The molecule has 0 aliphatic rings. The fourth-order valence-electron chi connectivity index (χ4n) is 1.05. The van der Waals surface area contributed by atoms with Crippen LogP contribution in [0.3, 0.4) is 0 Å². The smallest absolute Gasteiger partial charge is 0.330 e. The van der Waals surface area contributed by atoms with Crippen molar-refractivity contribution in [3.63, 3.8) is 0 Å². The van der Waals surface area contributed by atoms with Gasteiger partial charge in [0, 0.05) is 16.7 Å². The van der Waals surface area contributed by atoms with Gasteiger partial charge in [-0.2, -0.15) is 0 Å². The number of benzene rings is 1. The van der Waals surface area contributed by atoms with Gasteiger partial charge in [-0.25, -0.2) is 4.79 Å². The Balaban J connectivity index is 2.36. The topological polar surface area (TPSA) is 46.5 Å². The highest BCUT2D eigenvalue weighted by Crippen LogP contribution is 2.27. The first-order valence-electron chi connectivity index (χ1n) is 4.98. The molecular weight excluding hydrogens is 224 g/mol. The Hall–Kier alpha value is -1.42. The number of ether oxygens (including phenoxy) is 1. The molecular formula is C12H14O3S. The third kappa shape index (κ3) is 4.40. The molecule has 3 nitrogen and oxygen atoms in total. The average Bonchev–Trinajstić information content (AvgIpc) is 2.27. The first kappa shape index (κ1) is 12.6. The highest BCUT2D eigenvalue weighted by Gasteiger charge is 1.98. The highest BCUT2D eigenvalue weighted by molar-refractivity contribution is 7.99. The predicted molar refractivity (Wildman–Crippen MR) is 64.6 cm³/mol. The van der Waals surface area contributed by atoms with Crippen LogP contribution in [0.4, 0.5) is 0 Å². The van der Waals surface area contributed by atoms with E-state index in [1.54, 1.807) is 25.1 Å². The van der Waals surface area contributed by atoms with E-state index in [1.807, 2.05) is 12.1 Å². The molecule has 0 bridgehead atoms. The van der Waals surface area contributed by atoms with Crippen LogP contribution in [0.25, 0.3) is 0 Å². The van der Waals surface area contributed by atoms with Crippen molar-refractivity contribution < 1.29 is 14.6 Å². The number of aromatic hydroxyl groups is 1. The molecule has 0 aliphatic carbocycles. The summed E-state index contributed by atoms with van der Waals surface area (Å²) in [5, 5.41) is 9.47. The Morgan fingerprint density at radius 1 is 1.50 bits per heavy atom. The number of carbonyl (C=O) groups is 1. The van der Waals surface area contributed by atoms with Crippen molar-refractivity contribution >= 4 is 17.7 Å². The maximum absolute atomic E-state index is 11.0. The van der Waals surface area contributed by atoms with E-state index in [4.69, 9.17) is 4.74 Å². The molecule has 16 heavy (non-hydrogen) atoms. The first-order valence-corrected chi connectivity index (χ1v) is 5.96. The van der Waals surface area contributed by atoms with Crippen LogP contribution in [0.2, 0.25) is 0 Å². The second-order valence-electron chi connectivity index (χ2n) is 2.93. The van der Waals surface area contributed by atoms with Crippen molar-refractivity contribution in [1.82, 2.24) is 0 Å². The van der Waals surface area contributed by atoms with Crippen molar-refractivity contribution in [2.45, 2.75) is 11.8 Å². The minimum Gasteiger partial charge on any atom is -0.507 e. The van der Waals surface area contributed by atoms with E-state index in [-0.39, 0.29) is 11.7 Å². The summed E-state index contributed by atoms with van der Waals surface area (Å²) in [5.74, 6) is 0.550. The van der Waals surface area contributed by atoms with Crippen LogP contribution in [-0.4, -0.2) is 23.4 Å². The lowest BCUT2D eigenvalue weighted by atomic mass is 10.3. The Kier molecular flexibility index (Phi) is 5.50. The molecule has 0 amide bonds. The zero-order valence-corrected chi connectivity index (χ0v) is 9.87. The van der Waals surface area contributed by atoms with E-state index in [0.717, 1.165) is 4.90 Å². The average molecular weight is 238 g/mol. The molecule has 0 unspecified atom stereocenters. The normalized spacial score (nSPS) is 10.6. The van der Waals surface area contributed by atoms with Gasteiger partial charge in [0.05, 0.1) is 6.61 Å². The zero-order valence-electron chi connectivity index (χ0n) is 9.05. The molecule has 86 valence electrons. The van der Waals surface area contributed by atoms with Crippen LogP contribution in [0.1, 0.15) is 6.92 Å². The van der Waals surface area contributed by atoms with Crippen LogP contribution in [0.15, 0.2) is 41.3 Å². The third-order valence-corrected chi connectivity index (χ3v) is 2.76. The number of hydrogen-bond acceptors (Lipinski definition) is 4. The van der Waals surface area contributed by atoms with Gasteiger partial charge in [0.1, 0.15) is 5.75 Å². The van der Waals surface area contributed by atoms with Gasteiger partial charge in [-0.05, 0) is 19.1 Å². The summed E-state index contributed by atoms with van der Waals surface area (Å²) < 4.78 is 4.73. The van der Waals surface area contributed by atoms with Gasteiger partial charge < -0.3 is 9.84 Å². The van der Waals surface area contributed by atoms with E-state index in [9.17, 15) is 9.90 Å². The summed E-state index contributed by atoms with van der Waals surface area (Å²) in [4.78, 5) is 11.8. The van der Waals surface area contributed by atoms with Crippen molar-refractivity contribution in [1.29, 1.82) is 0 Å². The van der Waals surface area contributed by atoms with Gasteiger partial charge in [-0.15, -0.1) is 11.8 Å². The predicted octanol–water partition coefficient (Wildman–Crippen LogP) is 2.60. The lowest BCUT2D eigenvalue weighted by molar-refractivity contribution is -0.137. The number of phenolic OH excluding ortho intramolecular Hbond substituents is 1. The Morgan fingerprint density at radius 2 is 2.25 bits per heavy atom. The lowest BCUT2D eigenvalue weighted by Crippen LogP contribution is -1.98. The maximum atomic E-state index is 11.0. The lowest BCUT2D eigenvalue weighted by Gasteiger charge is -2.00. The Labute approximate surface area is 99.1 Å². The zero-order chi connectivity index (χ0) is 11.8. The molecule has 0 saturated carbocycles. The van der Waals surface area contributed by atoms with Gasteiger partial charge in [-0.1, -0.05) is 18.2 Å². The largest absolute Gasteiger partial charge is 0.507 e. The molecule has 0 aromatic heterocycles. The van der Waals surface area contributed by atoms with Gasteiger partial charge in [0.15, 0.2) is 0 Å². The third-order valence-electron chi connectivity index (χ3n) is 1.74. The molecule has 0 atom stereocenters. The van der Waals surface area contributed by atoms with Crippen molar-refractivity contribution in [2.24, 2.45) is 0 Å². The van der Waals surface area contributed by atoms with Crippen LogP contribution >= 0.6 is 11.8 Å². The Morgan fingerprint density at radius 3 is 2.94 bits per heavy atom. The molecule has 0 radical (unpaired) electrons. The number of carbonyl (C=O) groups excluding carboxylic acids is 1. The standard InChI is InChI=1S/C12H14O3S/c1-2-15-12(14)8-5-9-16-11-7-4-3-6-10(11)13/h3-8,13H,2,9H2,1H3/b8-5+. The molecule has 1 N–H and O–H groups in total. The van der Waals surface area contributed by atoms with Gasteiger partial charge >= 0.3 is 5.97 Å². The number of para-hydroxylation sites is 1. The fraction of sp³-hybridized carbons (Fsp3) is 0.250. The Bertz CT molecular complexity index is 374. The van der Waals surface area contributed by atoms with Crippen LogP contribution in [-0.2, 0) is 9.53 Å². The molecule has 1 aromatic carbocycles. The van der Waals surface area contributed by atoms with E-state index in [2.05, 4.69) is 0 Å². The minimum absolute atomic E-state index is 0.261. The SMILES string of the molecule is CCOC(=O)/C=C/CSc1ccccc1O. The summed E-state index contributed by atoms with van der Waals surface area (Å²) in [6.07, 6.45) is 3.12. The molecule has 0 heterocycles. The van der Waals surface area contributed by atoms with Crippen molar-refractivity contribution in [3.8, 4) is 5.75 Å². The molecule has 0 saturated heterocycles. The van der Waals surface area contributed by atoms with Crippen molar-refractivity contribution in [2.75, 3.05) is 12.4 Å². The van der Waals surface area contributed by atoms with E-state index in [0.29, 0.717) is 12.4 Å². The van der Waals surface area contributed by atoms with Gasteiger partial charge in [0.25, 0.3) is 0 Å². The number of thioether (sulfide) groups is 1. The van der Waals surface area contributed by atoms with Gasteiger partial charge in [-0.3, -0.25) is 0 Å². The molecule has 0 spiro atoms. The van der Waals surface area contributed by atoms with Gasteiger partial charge in [0.2, 0.25) is 0 Å². The van der Waals surface area contributed by atoms with Crippen LogP contribution in [0, 0.1) is 0 Å². The number of rotatable bonds is 5. The monoisotopic (exact) mass is 238 g/mol. The molecule has 1 aromatic rings. The summed E-state index contributed by atoms with van der Waals surface area (Å²) >= 11 is 1.46. The highest BCUT2D eigenvalue weighted by atomic mass is 32.2. The molecule has 0 fully saturated rings. The quantitative estimate of drug-likeness (QED) is 0.486. The van der Waals surface area contributed by atoms with Crippen molar-refractivity contribution in [3.05, 3.63) is 36.4 Å². The van der Waals surface area contributed by atoms with Crippen LogP contribution in [0.5, 0.6) is 5.75 Å². The second kappa shape index (κ2) is 6.95. The van der Waals surface area contributed by atoms with E-state index >= 15 is 0 Å². The number of phenols is 1. The van der Waals surface area contributed by atoms with E-state index < -0.39 is 0 Å². The maximum Gasteiger partial charge on any atom is 0.330 e. The second-order valence-corrected chi connectivity index (χ2v) is 3.99. The summed E-state index contributed by atoms with van der Waals surface area (Å²) in [5.41, 5.74) is 0. The molecule has 1 rings (SSSR count). The summed E-state index contributed by atoms with van der Waals surface area (Å²) in [6.45, 7) is 2.15. The summed E-state index contributed by atoms with van der Waals surface area (Å²) in [7, 11) is 0. The molecule has 4 heteroatoms. The fourth-order valence-corrected chi connectivity index (χ4v) is 1.81. The number of esters is 1. The summed E-state index contributed by atoms with van der Waals surface area (Å²) in [6, 6.07) is 7.10. The number of hydrogen-bond donors (Lipinski definition) is 1.